The zero-order valence-corrected chi connectivity index (χ0v) is 12.1. The van der Waals surface area contributed by atoms with Gasteiger partial charge in [0.25, 0.3) is 0 Å². The average Bonchev–Trinajstić information content (AvgIpc) is 2.93. The number of benzene rings is 1. The molecule has 0 atom stereocenters. The van der Waals surface area contributed by atoms with E-state index in [1.165, 1.54) is 6.92 Å². The highest BCUT2D eigenvalue weighted by molar-refractivity contribution is 5.88. The summed E-state index contributed by atoms with van der Waals surface area (Å²) in [4.78, 5) is 24.7. The van der Waals surface area contributed by atoms with Gasteiger partial charge in [0.1, 0.15) is 5.76 Å². The molecule has 0 saturated carbocycles. The molecule has 1 aromatic heterocycles. The van der Waals surface area contributed by atoms with Crippen LogP contribution >= 0.6 is 0 Å². The van der Waals surface area contributed by atoms with Crippen LogP contribution in [-0.2, 0) is 22.6 Å². The molecule has 1 aromatic carbocycles. The van der Waals surface area contributed by atoms with Gasteiger partial charge >= 0.3 is 0 Å². The summed E-state index contributed by atoms with van der Waals surface area (Å²) in [5.74, 6) is 0.655. The van der Waals surface area contributed by atoms with E-state index in [0.29, 0.717) is 13.0 Å². The van der Waals surface area contributed by atoms with Crippen molar-refractivity contribution in [2.24, 2.45) is 0 Å². The molecule has 5 nitrogen and oxygen atoms in total. The quantitative estimate of drug-likeness (QED) is 0.918. The maximum atomic E-state index is 12.1. The van der Waals surface area contributed by atoms with Gasteiger partial charge < -0.3 is 14.6 Å². The molecule has 110 valence electrons. The van der Waals surface area contributed by atoms with Crippen LogP contribution in [0.25, 0.3) is 0 Å². The van der Waals surface area contributed by atoms with E-state index in [4.69, 9.17) is 4.42 Å². The zero-order valence-electron chi connectivity index (χ0n) is 12.1. The van der Waals surface area contributed by atoms with Gasteiger partial charge in [-0.1, -0.05) is 12.1 Å². The number of likely N-dealkylation sites (N-methyl/N-ethyl adjacent to an activating group) is 1. The number of anilines is 1. The first-order valence-electron chi connectivity index (χ1n) is 6.67. The van der Waals surface area contributed by atoms with Crippen LogP contribution in [0.5, 0.6) is 0 Å². The Hall–Kier alpha value is -2.56. The van der Waals surface area contributed by atoms with Crippen LogP contribution in [0.3, 0.4) is 0 Å². The topological polar surface area (TPSA) is 62.6 Å². The molecule has 0 aliphatic carbocycles. The van der Waals surface area contributed by atoms with E-state index in [1.807, 2.05) is 18.2 Å². The molecular formula is C16H18N2O3. The van der Waals surface area contributed by atoms with Gasteiger partial charge in [-0.25, -0.2) is 0 Å². The highest BCUT2D eigenvalue weighted by Crippen LogP contribution is 2.11. The van der Waals surface area contributed by atoms with Crippen LogP contribution in [0.2, 0.25) is 0 Å². The van der Waals surface area contributed by atoms with E-state index in [0.717, 1.165) is 17.0 Å². The van der Waals surface area contributed by atoms with Crippen molar-refractivity contribution in [2.75, 3.05) is 12.4 Å². The van der Waals surface area contributed by atoms with Gasteiger partial charge in [-0.3, -0.25) is 9.59 Å². The number of nitrogens with one attached hydrogen (secondary N) is 1. The van der Waals surface area contributed by atoms with Crippen LogP contribution in [0, 0.1) is 0 Å². The molecule has 2 rings (SSSR count). The summed E-state index contributed by atoms with van der Waals surface area (Å²) < 4.78 is 5.22. The predicted molar refractivity (Wildman–Crippen MR) is 79.6 cm³/mol. The Morgan fingerprint density at radius 1 is 1.19 bits per heavy atom. The van der Waals surface area contributed by atoms with E-state index >= 15 is 0 Å². The number of rotatable bonds is 5. The van der Waals surface area contributed by atoms with Crippen LogP contribution in [0.15, 0.2) is 47.1 Å². The number of hydrogen-bond donors (Lipinski definition) is 1. The Morgan fingerprint density at radius 2 is 1.90 bits per heavy atom. The number of amides is 2. The second-order valence-corrected chi connectivity index (χ2v) is 4.88. The monoisotopic (exact) mass is 286 g/mol. The minimum atomic E-state index is -0.114. The van der Waals surface area contributed by atoms with E-state index in [9.17, 15) is 9.59 Å². The van der Waals surface area contributed by atoms with Crippen molar-refractivity contribution in [1.82, 2.24) is 4.90 Å². The molecule has 0 radical (unpaired) electrons. The third kappa shape index (κ3) is 4.49. The lowest BCUT2D eigenvalue weighted by Crippen LogP contribution is -2.27. The minimum absolute atomic E-state index is 0.0127. The van der Waals surface area contributed by atoms with Crippen molar-refractivity contribution in [3.8, 4) is 0 Å². The number of furan rings is 1. The molecular weight excluding hydrogens is 268 g/mol. The van der Waals surface area contributed by atoms with Gasteiger partial charge in [-0.15, -0.1) is 0 Å². The minimum Gasteiger partial charge on any atom is -0.467 e. The molecule has 0 spiro atoms. The summed E-state index contributed by atoms with van der Waals surface area (Å²) in [6, 6.07) is 10.9. The van der Waals surface area contributed by atoms with Gasteiger partial charge in [0, 0.05) is 19.7 Å². The number of nitrogens with zero attached hydrogens (tertiary/aromatic N) is 1. The lowest BCUT2D eigenvalue weighted by atomic mass is 10.1. The largest absolute Gasteiger partial charge is 0.467 e. The van der Waals surface area contributed by atoms with Crippen molar-refractivity contribution in [3.63, 3.8) is 0 Å². The van der Waals surface area contributed by atoms with Crippen LogP contribution < -0.4 is 5.32 Å². The van der Waals surface area contributed by atoms with Crippen molar-refractivity contribution in [3.05, 3.63) is 54.0 Å². The van der Waals surface area contributed by atoms with E-state index in [2.05, 4.69) is 5.32 Å². The highest BCUT2D eigenvalue weighted by atomic mass is 16.3. The molecule has 0 aliphatic heterocycles. The summed E-state index contributed by atoms with van der Waals surface area (Å²) in [5, 5.41) is 2.69. The van der Waals surface area contributed by atoms with Gasteiger partial charge in [-0.2, -0.15) is 0 Å². The summed E-state index contributed by atoms with van der Waals surface area (Å²) in [5.41, 5.74) is 1.63. The Bertz CT molecular complexity index is 603. The summed E-state index contributed by atoms with van der Waals surface area (Å²) in [6.07, 6.45) is 1.91. The fourth-order valence-corrected chi connectivity index (χ4v) is 1.94. The second kappa shape index (κ2) is 6.74. The molecule has 0 unspecified atom stereocenters. The highest BCUT2D eigenvalue weighted by Gasteiger charge is 2.11. The number of hydrogen-bond acceptors (Lipinski definition) is 3. The third-order valence-electron chi connectivity index (χ3n) is 3.03. The SMILES string of the molecule is CC(=O)Nc1ccc(CC(=O)N(C)Cc2ccco2)cc1. The molecule has 2 amide bonds. The smallest absolute Gasteiger partial charge is 0.227 e. The van der Waals surface area contributed by atoms with Crippen LogP contribution in [0.1, 0.15) is 18.2 Å². The molecule has 21 heavy (non-hydrogen) atoms. The number of carbonyl (C=O) groups is 2. The average molecular weight is 286 g/mol. The van der Waals surface area contributed by atoms with Gasteiger partial charge in [0.2, 0.25) is 11.8 Å². The first-order chi connectivity index (χ1) is 10.0. The van der Waals surface area contributed by atoms with Gasteiger partial charge in [-0.05, 0) is 29.8 Å². The fourth-order valence-electron chi connectivity index (χ4n) is 1.94. The Morgan fingerprint density at radius 3 is 2.48 bits per heavy atom. The van der Waals surface area contributed by atoms with Crippen molar-refractivity contribution in [2.45, 2.75) is 19.9 Å². The molecule has 0 aliphatic rings. The lowest BCUT2D eigenvalue weighted by molar-refractivity contribution is -0.129. The standard InChI is InChI=1S/C16H18N2O3/c1-12(19)17-14-7-5-13(6-8-14)10-16(20)18(2)11-15-4-3-9-21-15/h3-9H,10-11H2,1-2H3,(H,17,19). The molecule has 1 N–H and O–H groups in total. The Kier molecular flexibility index (Phi) is 4.77. The maximum absolute atomic E-state index is 12.1. The first-order valence-corrected chi connectivity index (χ1v) is 6.67. The number of carbonyl (C=O) groups excluding carboxylic acids is 2. The molecule has 1 heterocycles. The predicted octanol–water partition coefficient (Wildman–Crippen LogP) is 2.44. The Labute approximate surface area is 123 Å². The molecule has 5 heteroatoms. The van der Waals surface area contributed by atoms with E-state index < -0.39 is 0 Å². The summed E-state index contributed by atoms with van der Waals surface area (Å²) in [6.45, 7) is 1.91. The van der Waals surface area contributed by atoms with Gasteiger partial charge in [0.15, 0.2) is 0 Å². The summed E-state index contributed by atoms with van der Waals surface area (Å²) in [7, 11) is 1.75. The van der Waals surface area contributed by atoms with Gasteiger partial charge in [0.05, 0.1) is 19.2 Å². The molecule has 2 aromatic rings. The van der Waals surface area contributed by atoms with E-state index in [1.54, 1.807) is 36.4 Å². The van der Waals surface area contributed by atoms with Crippen molar-refractivity contribution >= 4 is 17.5 Å². The second-order valence-electron chi connectivity index (χ2n) is 4.88. The van der Waals surface area contributed by atoms with Crippen molar-refractivity contribution in [1.29, 1.82) is 0 Å². The molecule has 0 fully saturated rings. The molecule has 0 bridgehead atoms. The zero-order chi connectivity index (χ0) is 15.2. The van der Waals surface area contributed by atoms with Crippen LogP contribution in [0.4, 0.5) is 5.69 Å². The lowest BCUT2D eigenvalue weighted by Gasteiger charge is -2.15. The maximum Gasteiger partial charge on any atom is 0.227 e. The molecule has 0 saturated heterocycles. The summed E-state index contributed by atoms with van der Waals surface area (Å²) >= 11 is 0. The van der Waals surface area contributed by atoms with E-state index in [-0.39, 0.29) is 11.8 Å². The van der Waals surface area contributed by atoms with Crippen molar-refractivity contribution < 1.29 is 14.0 Å². The normalized spacial score (nSPS) is 10.2. The Balaban J connectivity index is 1.91. The first kappa shape index (κ1) is 14.8. The third-order valence-corrected chi connectivity index (χ3v) is 3.03. The van der Waals surface area contributed by atoms with Crippen LogP contribution in [-0.4, -0.2) is 23.8 Å². The fraction of sp³-hybridized carbons (Fsp3) is 0.250.